The van der Waals surface area contributed by atoms with E-state index < -0.39 is 17.9 Å². The van der Waals surface area contributed by atoms with E-state index in [4.69, 9.17) is 10.8 Å². The van der Waals surface area contributed by atoms with Crippen LogP contribution in [0.15, 0.2) is 24.3 Å². The van der Waals surface area contributed by atoms with E-state index in [1.807, 2.05) is 13.8 Å². The molecule has 4 N–H and O–H groups in total. The summed E-state index contributed by atoms with van der Waals surface area (Å²) in [7, 11) is 0. The minimum Gasteiger partial charge on any atom is -0.478 e. The summed E-state index contributed by atoms with van der Waals surface area (Å²) < 4.78 is 0. The van der Waals surface area contributed by atoms with Gasteiger partial charge in [-0.15, -0.1) is 0 Å². The third kappa shape index (κ3) is 5.64. The van der Waals surface area contributed by atoms with Crippen molar-refractivity contribution in [2.45, 2.75) is 32.7 Å². The predicted molar refractivity (Wildman–Crippen MR) is 77.7 cm³/mol. The first kappa shape index (κ1) is 16.7. The molecular formula is C15H20N2O4. The minimum atomic E-state index is -1.02. The zero-order valence-electron chi connectivity index (χ0n) is 12.1. The molecular weight excluding hydrogens is 272 g/mol. The SMILES string of the molecule is CC(C)CC(=O)N[C@H](Cc1ccc(C(=O)O)cc1)C(N)=O. The molecule has 2 amide bonds. The molecule has 1 aromatic rings. The Labute approximate surface area is 123 Å². The Morgan fingerprint density at radius 1 is 1.19 bits per heavy atom. The average Bonchev–Trinajstić information content (AvgIpc) is 2.37. The molecule has 0 fully saturated rings. The molecule has 0 radical (unpaired) electrons. The van der Waals surface area contributed by atoms with Gasteiger partial charge in [-0.05, 0) is 23.6 Å². The molecule has 0 aliphatic carbocycles. The Morgan fingerprint density at radius 2 is 1.76 bits per heavy atom. The number of carboxylic acid groups (broad SMARTS) is 1. The van der Waals surface area contributed by atoms with Gasteiger partial charge in [0.05, 0.1) is 5.56 Å². The van der Waals surface area contributed by atoms with Crippen molar-refractivity contribution in [3.8, 4) is 0 Å². The Kier molecular flexibility index (Phi) is 5.90. The molecule has 0 bridgehead atoms. The van der Waals surface area contributed by atoms with Gasteiger partial charge < -0.3 is 16.2 Å². The number of hydrogen-bond acceptors (Lipinski definition) is 3. The maximum atomic E-state index is 11.7. The van der Waals surface area contributed by atoms with Gasteiger partial charge >= 0.3 is 5.97 Å². The van der Waals surface area contributed by atoms with Gasteiger partial charge in [0, 0.05) is 12.8 Å². The topological polar surface area (TPSA) is 109 Å². The second-order valence-electron chi connectivity index (χ2n) is 5.33. The Morgan fingerprint density at radius 3 is 2.19 bits per heavy atom. The molecule has 0 saturated heterocycles. The molecule has 0 heterocycles. The quantitative estimate of drug-likeness (QED) is 0.694. The molecule has 114 valence electrons. The maximum absolute atomic E-state index is 11.7. The molecule has 6 heteroatoms. The summed E-state index contributed by atoms with van der Waals surface area (Å²) in [6.45, 7) is 3.81. The highest BCUT2D eigenvalue weighted by Gasteiger charge is 2.19. The Hall–Kier alpha value is -2.37. The van der Waals surface area contributed by atoms with Crippen LogP contribution in [0, 0.1) is 5.92 Å². The van der Waals surface area contributed by atoms with Crippen molar-refractivity contribution in [1.82, 2.24) is 5.32 Å². The summed E-state index contributed by atoms with van der Waals surface area (Å²) >= 11 is 0. The Balaban J connectivity index is 2.72. The fraction of sp³-hybridized carbons (Fsp3) is 0.400. The van der Waals surface area contributed by atoms with Crippen molar-refractivity contribution in [2.24, 2.45) is 11.7 Å². The van der Waals surface area contributed by atoms with Crippen LogP contribution in [0.2, 0.25) is 0 Å². The van der Waals surface area contributed by atoms with E-state index in [-0.39, 0.29) is 23.8 Å². The van der Waals surface area contributed by atoms with Gasteiger partial charge in [0.2, 0.25) is 11.8 Å². The van der Waals surface area contributed by atoms with Crippen LogP contribution in [-0.2, 0) is 16.0 Å². The highest BCUT2D eigenvalue weighted by atomic mass is 16.4. The first-order valence-electron chi connectivity index (χ1n) is 6.70. The second kappa shape index (κ2) is 7.42. The smallest absolute Gasteiger partial charge is 0.335 e. The number of nitrogens with two attached hydrogens (primary N) is 1. The van der Waals surface area contributed by atoms with E-state index in [2.05, 4.69) is 5.32 Å². The highest BCUT2D eigenvalue weighted by molar-refractivity contribution is 5.88. The summed E-state index contributed by atoms with van der Waals surface area (Å²) in [5.41, 5.74) is 6.19. The monoisotopic (exact) mass is 292 g/mol. The van der Waals surface area contributed by atoms with Crippen molar-refractivity contribution in [3.63, 3.8) is 0 Å². The standard InChI is InChI=1S/C15H20N2O4/c1-9(2)7-13(18)17-12(14(16)19)8-10-3-5-11(6-4-10)15(20)21/h3-6,9,12H,7-8H2,1-2H3,(H2,16,19)(H,17,18)(H,20,21)/t12-/m1/s1. The fourth-order valence-electron chi connectivity index (χ4n) is 1.87. The van der Waals surface area contributed by atoms with Gasteiger partial charge in [-0.2, -0.15) is 0 Å². The summed E-state index contributed by atoms with van der Waals surface area (Å²) in [6, 6.07) is 5.31. The number of benzene rings is 1. The van der Waals surface area contributed by atoms with Crippen LogP contribution in [0.5, 0.6) is 0 Å². The molecule has 1 rings (SSSR count). The average molecular weight is 292 g/mol. The molecule has 21 heavy (non-hydrogen) atoms. The summed E-state index contributed by atoms with van der Waals surface area (Å²) in [4.78, 5) is 33.9. The van der Waals surface area contributed by atoms with Crippen LogP contribution in [0.3, 0.4) is 0 Å². The van der Waals surface area contributed by atoms with Gasteiger partial charge in [0.1, 0.15) is 6.04 Å². The lowest BCUT2D eigenvalue weighted by atomic mass is 10.0. The number of aromatic carboxylic acids is 1. The number of carboxylic acids is 1. The van der Waals surface area contributed by atoms with Crippen molar-refractivity contribution >= 4 is 17.8 Å². The molecule has 1 atom stereocenters. The van der Waals surface area contributed by atoms with E-state index in [9.17, 15) is 14.4 Å². The zero-order valence-corrected chi connectivity index (χ0v) is 12.1. The molecule has 1 aromatic carbocycles. The van der Waals surface area contributed by atoms with Crippen LogP contribution in [-0.4, -0.2) is 28.9 Å². The first-order chi connectivity index (χ1) is 9.79. The summed E-state index contributed by atoms with van der Waals surface area (Å²) in [5, 5.41) is 11.4. The van der Waals surface area contributed by atoms with Gasteiger partial charge in [0.15, 0.2) is 0 Å². The molecule has 6 nitrogen and oxygen atoms in total. The van der Waals surface area contributed by atoms with Crippen LogP contribution in [0.1, 0.15) is 36.2 Å². The third-order valence-electron chi connectivity index (χ3n) is 2.91. The zero-order chi connectivity index (χ0) is 16.0. The Bertz CT molecular complexity index is 523. The van der Waals surface area contributed by atoms with Gasteiger partial charge in [-0.1, -0.05) is 26.0 Å². The number of rotatable bonds is 7. The highest BCUT2D eigenvalue weighted by Crippen LogP contribution is 2.08. The van der Waals surface area contributed by atoms with Crippen molar-refractivity contribution in [2.75, 3.05) is 0 Å². The first-order valence-corrected chi connectivity index (χ1v) is 6.70. The molecule has 0 saturated carbocycles. The van der Waals surface area contributed by atoms with Crippen molar-refractivity contribution < 1.29 is 19.5 Å². The van der Waals surface area contributed by atoms with Crippen LogP contribution < -0.4 is 11.1 Å². The number of carbonyl (C=O) groups is 3. The van der Waals surface area contributed by atoms with Gasteiger partial charge in [-0.3, -0.25) is 9.59 Å². The molecule has 0 spiro atoms. The predicted octanol–water partition coefficient (Wildman–Crippen LogP) is 0.944. The lowest BCUT2D eigenvalue weighted by molar-refractivity contribution is -0.127. The number of hydrogen-bond donors (Lipinski definition) is 3. The largest absolute Gasteiger partial charge is 0.478 e. The van der Waals surface area contributed by atoms with E-state index in [0.29, 0.717) is 6.42 Å². The van der Waals surface area contributed by atoms with Crippen molar-refractivity contribution in [3.05, 3.63) is 35.4 Å². The van der Waals surface area contributed by atoms with E-state index in [1.165, 1.54) is 12.1 Å². The minimum absolute atomic E-state index is 0.165. The van der Waals surface area contributed by atoms with Crippen LogP contribution in [0.4, 0.5) is 0 Å². The molecule has 0 aliphatic heterocycles. The molecule has 0 aliphatic rings. The number of amides is 2. The van der Waals surface area contributed by atoms with Crippen LogP contribution in [0.25, 0.3) is 0 Å². The lowest BCUT2D eigenvalue weighted by Gasteiger charge is -2.16. The maximum Gasteiger partial charge on any atom is 0.335 e. The van der Waals surface area contributed by atoms with Gasteiger partial charge in [0.25, 0.3) is 0 Å². The van der Waals surface area contributed by atoms with Gasteiger partial charge in [-0.25, -0.2) is 4.79 Å². The van der Waals surface area contributed by atoms with Crippen LogP contribution >= 0.6 is 0 Å². The molecule has 0 aromatic heterocycles. The van der Waals surface area contributed by atoms with E-state index >= 15 is 0 Å². The van der Waals surface area contributed by atoms with Crippen molar-refractivity contribution in [1.29, 1.82) is 0 Å². The number of nitrogens with one attached hydrogen (secondary N) is 1. The normalized spacial score (nSPS) is 12.0. The van der Waals surface area contributed by atoms with E-state index in [1.54, 1.807) is 12.1 Å². The third-order valence-corrected chi connectivity index (χ3v) is 2.91. The summed E-state index contributed by atoms with van der Waals surface area (Å²) in [5.74, 6) is -1.67. The lowest BCUT2D eigenvalue weighted by Crippen LogP contribution is -2.46. The van der Waals surface area contributed by atoms with E-state index in [0.717, 1.165) is 5.56 Å². The molecule has 0 unspecified atom stereocenters. The number of primary amides is 1. The number of carbonyl (C=O) groups excluding carboxylic acids is 2. The fourth-order valence-corrected chi connectivity index (χ4v) is 1.87. The second-order valence-corrected chi connectivity index (χ2v) is 5.33. The summed E-state index contributed by atoms with van der Waals surface area (Å²) in [6.07, 6.45) is 0.556.